The number of hydrogen-bond donors (Lipinski definition) is 2. The quantitative estimate of drug-likeness (QED) is 0.626. The highest BCUT2D eigenvalue weighted by Gasteiger charge is 2.09. The van der Waals surface area contributed by atoms with E-state index in [4.69, 9.17) is 5.73 Å². The van der Waals surface area contributed by atoms with Gasteiger partial charge in [0.25, 0.3) is 5.91 Å². The molecule has 0 bridgehead atoms. The number of carbonyl (C=O) groups is 1. The van der Waals surface area contributed by atoms with Crippen molar-refractivity contribution in [3.05, 3.63) is 28.2 Å². The van der Waals surface area contributed by atoms with Crippen LogP contribution in [0, 0.1) is 0 Å². The molecule has 3 N–H and O–H groups in total. The van der Waals surface area contributed by atoms with E-state index in [1.54, 1.807) is 18.2 Å². The fraction of sp³-hybridized carbons (Fsp3) is 0.417. The van der Waals surface area contributed by atoms with Crippen molar-refractivity contribution < 1.29 is 4.79 Å². The van der Waals surface area contributed by atoms with E-state index in [1.165, 1.54) is 0 Å². The summed E-state index contributed by atoms with van der Waals surface area (Å²) in [4.78, 5) is 11.8. The summed E-state index contributed by atoms with van der Waals surface area (Å²) in [7, 11) is 0. The van der Waals surface area contributed by atoms with Crippen molar-refractivity contribution in [2.45, 2.75) is 12.8 Å². The third kappa shape index (κ3) is 5.00. The van der Waals surface area contributed by atoms with Gasteiger partial charge >= 0.3 is 0 Å². The van der Waals surface area contributed by atoms with Gasteiger partial charge in [-0.2, -0.15) is 11.8 Å². The first-order chi connectivity index (χ1) is 8.15. The third-order valence-electron chi connectivity index (χ3n) is 2.30. The second-order valence-corrected chi connectivity index (χ2v) is 5.54. The van der Waals surface area contributed by atoms with Crippen LogP contribution in [0.15, 0.2) is 22.7 Å². The average molecular weight is 317 g/mol. The minimum absolute atomic E-state index is 0.0756. The fourth-order valence-corrected chi connectivity index (χ4v) is 2.30. The third-order valence-corrected chi connectivity index (χ3v) is 3.68. The van der Waals surface area contributed by atoms with Gasteiger partial charge in [0.2, 0.25) is 0 Å². The molecule has 0 aliphatic carbocycles. The number of nitrogens with one attached hydrogen (secondary N) is 1. The van der Waals surface area contributed by atoms with Crippen molar-refractivity contribution in [1.82, 2.24) is 5.32 Å². The standard InChI is InChI=1S/C12H17BrN2OS/c1-17-7-3-2-6-15-12(16)10-8-9(14)4-5-11(10)13/h4-5,8H,2-3,6-7,14H2,1H3,(H,15,16). The van der Waals surface area contributed by atoms with Crippen LogP contribution >= 0.6 is 27.7 Å². The second-order valence-electron chi connectivity index (χ2n) is 3.70. The molecule has 0 fully saturated rings. The van der Waals surface area contributed by atoms with Crippen molar-refractivity contribution >= 4 is 39.3 Å². The zero-order valence-electron chi connectivity index (χ0n) is 9.83. The van der Waals surface area contributed by atoms with Gasteiger partial charge in [-0.3, -0.25) is 4.79 Å². The van der Waals surface area contributed by atoms with Crippen molar-refractivity contribution in [2.24, 2.45) is 0 Å². The number of halogens is 1. The number of rotatable bonds is 6. The highest BCUT2D eigenvalue weighted by atomic mass is 79.9. The van der Waals surface area contributed by atoms with Crippen LogP contribution in [0.5, 0.6) is 0 Å². The van der Waals surface area contributed by atoms with E-state index in [9.17, 15) is 4.79 Å². The molecule has 0 aliphatic heterocycles. The number of carbonyl (C=O) groups excluding carboxylic acids is 1. The lowest BCUT2D eigenvalue weighted by Crippen LogP contribution is -2.25. The number of nitrogen functional groups attached to an aromatic ring is 1. The van der Waals surface area contributed by atoms with Gasteiger partial charge in [0, 0.05) is 16.7 Å². The van der Waals surface area contributed by atoms with E-state index in [1.807, 2.05) is 11.8 Å². The molecule has 0 spiro atoms. The smallest absolute Gasteiger partial charge is 0.252 e. The Hall–Kier alpha value is -0.680. The van der Waals surface area contributed by atoms with E-state index in [0.29, 0.717) is 17.8 Å². The summed E-state index contributed by atoms with van der Waals surface area (Å²) < 4.78 is 0.772. The molecule has 94 valence electrons. The molecule has 0 saturated carbocycles. The number of benzene rings is 1. The molecule has 0 unspecified atom stereocenters. The van der Waals surface area contributed by atoms with Crippen molar-refractivity contribution in [2.75, 3.05) is 24.3 Å². The Bertz CT molecular complexity index is 385. The molecule has 0 heterocycles. The minimum atomic E-state index is -0.0756. The SMILES string of the molecule is CSCCCCNC(=O)c1cc(N)ccc1Br. The van der Waals surface area contributed by atoms with Gasteiger partial charge in [0.15, 0.2) is 0 Å². The van der Waals surface area contributed by atoms with Crippen LogP contribution in [0.4, 0.5) is 5.69 Å². The second kappa shape index (κ2) is 7.61. The Morgan fingerprint density at radius 3 is 2.94 bits per heavy atom. The molecule has 0 aromatic heterocycles. The summed E-state index contributed by atoms with van der Waals surface area (Å²) in [6, 6.07) is 5.23. The topological polar surface area (TPSA) is 55.1 Å². The van der Waals surface area contributed by atoms with Crippen LogP contribution < -0.4 is 11.1 Å². The molecule has 3 nitrogen and oxygen atoms in total. The molecular formula is C12H17BrN2OS. The zero-order chi connectivity index (χ0) is 12.7. The number of anilines is 1. The van der Waals surface area contributed by atoms with Gasteiger partial charge in [-0.15, -0.1) is 0 Å². The lowest BCUT2D eigenvalue weighted by atomic mass is 10.2. The Balaban J connectivity index is 2.44. The molecular weight excluding hydrogens is 300 g/mol. The first-order valence-electron chi connectivity index (χ1n) is 5.47. The fourth-order valence-electron chi connectivity index (χ4n) is 1.39. The molecule has 0 atom stereocenters. The molecule has 0 radical (unpaired) electrons. The van der Waals surface area contributed by atoms with Gasteiger partial charge < -0.3 is 11.1 Å². The molecule has 1 aromatic rings. The maximum atomic E-state index is 11.8. The van der Waals surface area contributed by atoms with Crippen LogP contribution in [0.1, 0.15) is 23.2 Å². The first-order valence-corrected chi connectivity index (χ1v) is 7.66. The van der Waals surface area contributed by atoms with Gasteiger partial charge in [-0.25, -0.2) is 0 Å². The zero-order valence-corrected chi connectivity index (χ0v) is 12.2. The van der Waals surface area contributed by atoms with Crippen molar-refractivity contribution in [3.63, 3.8) is 0 Å². The number of unbranched alkanes of at least 4 members (excludes halogenated alkanes) is 1. The van der Waals surface area contributed by atoms with Gasteiger partial charge in [-0.05, 0) is 59.0 Å². The Morgan fingerprint density at radius 2 is 2.24 bits per heavy atom. The van der Waals surface area contributed by atoms with Crippen LogP contribution in [-0.2, 0) is 0 Å². The Kier molecular flexibility index (Phi) is 6.44. The van der Waals surface area contributed by atoms with E-state index >= 15 is 0 Å². The Morgan fingerprint density at radius 1 is 1.47 bits per heavy atom. The van der Waals surface area contributed by atoms with Crippen LogP contribution in [-0.4, -0.2) is 24.5 Å². The summed E-state index contributed by atoms with van der Waals surface area (Å²) in [5, 5.41) is 2.89. The molecule has 5 heteroatoms. The van der Waals surface area contributed by atoms with E-state index in [0.717, 1.165) is 23.1 Å². The molecule has 1 amide bonds. The summed E-state index contributed by atoms with van der Waals surface area (Å²) in [6.45, 7) is 0.709. The number of amides is 1. The lowest BCUT2D eigenvalue weighted by molar-refractivity contribution is 0.0952. The molecule has 1 aromatic carbocycles. The maximum Gasteiger partial charge on any atom is 0.252 e. The first kappa shape index (κ1) is 14.4. The lowest BCUT2D eigenvalue weighted by Gasteiger charge is -2.07. The minimum Gasteiger partial charge on any atom is -0.399 e. The van der Waals surface area contributed by atoms with Crippen LogP contribution in [0.2, 0.25) is 0 Å². The van der Waals surface area contributed by atoms with Gasteiger partial charge in [0.05, 0.1) is 5.56 Å². The number of nitrogens with two attached hydrogens (primary N) is 1. The van der Waals surface area contributed by atoms with Crippen molar-refractivity contribution in [3.8, 4) is 0 Å². The normalized spacial score (nSPS) is 10.2. The van der Waals surface area contributed by atoms with Crippen molar-refractivity contribution in [1.29, 1.82) is 0 Å². The Labute approximate surface area is 115 Å². The highest BCUT2D eigenvalue weighted by molar-refractivity contribution is 9.10. The number of thioether (sulfide) groups is 1. The number of hydrogen-bond acceptors (Lipinski definition) is 3. The van der Waals surface area contributed by atoms with Crippen LogP contribution in [0.25, 0.3) is 0 Å². The summed E-state index contributed by atoms with van der Waals surface area (Å²) >= 11 is 5.17. The molecule has 1 rings (SSSR count). The van der Waals surface area contributed by atoms with E-state index in [2.05, 4.69) is 27.5 Å². The van der Waals surface area contributed by atoms with Crippen LogP contribution in [0.3, 0.4) is 0 Å². The summed E-state index contributed by atoms with van der Waals surface area (Å²) in [5.41, 5.74) is 6.85. The molecule has 17 heavy (non-hydrogen) atoms. The summed E-state index contributed by atoms with van der Waals surface area (Å²) in [6.07, 6.45) is 4.22. The monoisotopic (exact) mass is 316 g/mol. The molecule has 0 saturated heterocycles. The maximum absolute atomic E-state index is 11.8. The highest BCUT2D eigenvalue weighted by Crippen LogP contribution is 2.19. The molecule has 0 aliphatic rings. The summed E-state index contributed by atoms with van der Waals surface area (Å²) in [5.74, 6) is 1.06. The predicted molar refractivity (Wildman–Crippen MR) is 78.5 cm³/mol. The van der Waals surface area contributed by atoms with Gasteiger partial charge in [-0.1, -0.05) is 0 Å². The van der Waals surface area contributed by atoms with E-state index in [-0.39, 0.29) is 5.91 Å². The largest absolute Gasteiger partial charge is 0.399 e. The van der Waals surface area contributed by atoms with Gasteiger partial charge in [0.1, 0.15) is 0 Å². The predicted octanol–water partition coefficient (Wildman–Crippen LogP) is 2.90. The van der Waals surface area contributed by atoms with E-state index < -0.39 is 0 Å². The average Bonchev–Trinajstić information content (AvgIpc) is 2.32.